The first-order valence-corrected chi connectivity index (χ1v) is 6.85. The maximum atomic E-state index is 12.1. The van der Waals surface area contributed by atoms with Gasteiger partial charge < -0.3 is 15.2 Å². The predicted molar refractivity (Wildman–Crippen MR) is 73.2 cm³/mol. The highest BCUT2D eigenvalue weighted by Crippen LogP contribution is 2.32. The smallest absolute Gasteiger partial charge is 0.313 e. The molecule has 0 aromatic carbocycles. The molecule has 18 heavy (non-hydrogen) atoms. The van der Waals surface area contributed by atoms with Crippen molar-refractivity contribution in [2.45, 2.75) is 41.0 Å². The molecule has 108 valence electrons. The molecule has 0 fully saturated rings. The molecule has 2 N–H and O–H groups in total. The summed E-state index contributed by atoms with van der Waals surface area (Å²) in [6, 6.07) is 0. The molecule has 0 spiro atoms. The van der Waals surface area contributed by atoms with Crippen molar-refractivity contribution in [2.24, 2.45) is 23.0 Å². The Hall–Kier alpha value is -0.610. The summed E-state index contributed by atoms with van der Waals surface area (Å²) in [5, 5.41) is 0. The molecule has 1 atom stereocenters. The Morgan fingerprint density at radius 3 is 2.28 bits per heavy atom. The van der Waals surface area contributed by atoms with Gasteiger partial charge in [-0.2, -0.15) is 0 Å². The van der Waals surface area contributed by atoms with Gasteiger partial charge in [-0.1, -0.05) is 27.7 Å². The topological polar surface area (TPSA) is 61.5 Å². The summed E-state index contributed by atoms with van der Waals surface area (Å²) in [6.45, 7) is 12.0. The SMILES string of the molecule is CCOC(=O)C(CN)(CCOCC(C)C)C(C)C. The predicted octanol–water partition coefficient (Wildman–Crippen LogP) is 2.21. The maximum Gasteiger partial charge on any atom is 0.313 e. The third-order valence-corrected chi connectivity index (χ3v) is 3.30. The number of hydrogen-bond acceptors (Lipinski definition) is 4. The first kappa shape index (κ1) is 17.4. The lowest BCUT2D eigenvalue weighted by atomic mass is 9.74. The third-order valence-electron chi connectivity index (χ3n) is 3.30. The van der Waals surface area contributed by atoms with Crippen molar-refractivity contribution in [1.82, 2.24) is 0 Å². The van der Waals surface area contributed by atoms with E-state index in [1.165, 1.54) is 0 Å². The van der Waals surface area contributed by atoms with Crippen LogP contribution in [-0.4, -0.2) is 32.3 Å². The van der Waals surface area contributed by atoms with Crippen molar-refractivity contribution in [1.29, 1.82) is 0 Å². The van der Waals surface area contributed by atoms with Crippen LogP contribution in [0.5, 0.6) is 0 Å². The van der Waals surface area contributed by atoms with Crippen molar-refractivity contribution in [3.8, 4) is 0 Å². The van der Waals surface area contributed by atoms with Gasteiger partial charge in [0, 0.05) is 19.8 Å². The van der Waals surface area contributed by atoms with Crippen LogP contribution in [0, 0.1) is 17.3 Å². The van der Waals surface area contributed by atoms with Gasteiger partial charge in [-0.25, -0.2) is 0 Å². The second-order valence-electron chi connectivity index (χ2n) is 5.45. The van der Waals surface area contributed by atoms with E-state index in [0.29, 0.717) is 38.7 Å². The minimum atomic E-state index is -0.618. The Balaban J connectivity index is 4.52. The zero-order valence-corrected chi connectivity index (χ0v) is 12.5. The van der Waals surface area contributed by atoms with Crippen LogP contribution < -0.4 is 5.73 Å². The zero-order chi connectivity index (χ0) is 14.2. The van der Waals surface area contributed by atoms with Crippen LogP contribution >= 0.6 is 0 Å². The van der Waals surface area contributed by atoms with Gasteiger partial charge in [0.15, 0.2) is 0 Å². The van der Waals surface area contributed by atoms with Crippen molar-refractivity contribution < 1.29 is 14.3 Å². The lowest BCUT2D eigenvalue weighted by Gasteiger charge is -2.33. The Morgan fingerprint density at radius 2 is 1.89 bits per heavy atom. The second kappa shape index (κ2) is 8.48. The normalized spacial score (nSPS) is 14.9. The van der Waals surface area contributed by atoms with Crippen LogP contribution in [0.2, 0.25) is 0 Å². The average molecular weight is 259 g/mol. The molecule has 0 saturated heterocycles. The molecule has 4 nitrogen and oxygen atoms in total. The number of hydrogen-bond donors (Lipinski definition) is 1. The minimum Gasteiger partial charge on any atom is -0.466 e. The van der Waals surface area contributed by atoms with E-state index < -0.39 is 5.41 Å². The van der Waals surface area contributed by atoms with Crippen molar-refractivity contribution in [3.63, 3.8) is 0 Å². The summed E-state index contributed by atoms with van der Waals surface area (Å²) < 4.78 is 10.7. The molecule has 0 aliphatic rings. The summed E-state index contributed by atoms with van der Waals surface area (Å²) in [5.41, 5.74) is 5.21. The van der Waals surface area contributed by atoms with Gasteiger partial charge in [-0.05, 0) is 25.2 Å². The van der Waals surface area contributed by atoms with E-state index in [2.05, 4.69) is 13.8 Å². The molecule has 0 aliphatic heterocycles. The standard InChI is InChI=1S/C14H29NO3/c1-6-18-13(16)14(10-15,12(4)5)7-8-17-9-11(2)3/h11-12H,6-10,15H2,1-5H3. The third kappa shape index (κ3) is 4.94. The highest BCUT2D eigenvalue weighted by molar-refractivity contribution is 5.77. The molecule has 0 saturated carbocycles. The van der Waals surface area contributed by atoms with Gasteiger partial charge in [0.2, 0.25) is 0 Å². The molecule has 4 heteroatoms. The molecule has 0 amide bonds. The fraction of sp³-hybridized carbons (Fsp3) is 0.929. The summed E-state index contributed by atoms with van der Waals surface area (Å²) in [4.78, 5) is 12.1. The van der Waals surface area contributed by atoms with Crippen LogP contribution in [0.1, 0.15) is 41.0 Å². The lowest BCUT2D eigenvalue weighted by Crippen LogP contribution is -2.45. The molecule has 0 rings (SSSR count). The summed E-state index contributed by atoms with van der Waals surface area (Å²) >= 11 is 0. The van der Waals surface area contributed by atoms with E-state index >= 15 is 0 Å². The zero-order valence-electron chi connectivity index (χ0n) is 12.5. The number of ether oxygens (including phenoxy) is 2. The second-order valence-corrected chi connectivity index (χ2v) is 5.45. The summed E-state index contributed by atoms with van der Waals surface area (Å²) in [6.07, 6.45) is 0.618. The fourth-order valence-electron chi connectivity index (χ4n) is 1.90. The van der Waals surface area contributed by atoms with E-state index in [-0.39, 0.29) is 11.9 Å². The number of nitrogens with two attached hydrogens (primary N) is 1. The molecule has 0 aliphatic carbocycles. The fourth-order valence-corrected chi connectivity index (χ4v) is 1.90. The van der Waals surface area contributed by atoms with Gasteiger partial charge in [-0.3, -0.25) is 4.79 Å². The van der Waals surface area contributed by atoms with E-state index in [1.54, 1.807) is 0 Å². The highest BCUT2D eigenvalue weighted by Gasteiger charge is 2.41. The maximum absolute atomic E-state index is 12.1. The molecule has 0 heterocycles. The van der Waals surface area contributed by atoms with Crippen LogP contribution in [0.25, 0.3) is 0 Å². The van der Waals surface area contributed by atoms with E-state index in [9.17, 15) is 4.79 Å². The Kier molecular flexibility index (Phi) is 8.20. The molecular formula is C14H29NO3. The van der Waals surface area contributed by atoms with Gasteiger partial charge in [0.05, 0.1) is 12.0 Å². The van der Waals surface area contributed by atoms with Crippen LogP contribution in [-0.2, 0) is 14.3 Å². The number of carbonyl (C=O) groups excluding carboxylic acids is 1. The Bertz CT molecular complexity index is 241. The van der Waals surface area contributed by atoms with Gasteiger partial charge >= 0.3 is 5.97 Å². The first-order valence-electron chi connectivity index (χ1n) is 6.85. The Morgan fingerprint density at radius 1 is 1.28 bits per heavy atom. The van der Waals surface area contributed by atoms with E-state index in [4.69, 9.17) is 15.2 Å². The Labute approximate surface area is 111 Å². The number of esters is 1. The molecule has 0 aromatic heterocycles. The van der Waals surface area contributed by atoms with Gasteiger partial charge in [-0.15, -0.1) is 0 Å². The summed E-state index contributed by atoms with van der Waals surface area (Å²) in [7, 11) is 0. The largest absolute Gasteiger partial charge is 0.466 e. The molecular weight excluding hydrogens is 230 g/mol. The van der Waals surface area contributed by atoms with Crippen molar-refractivity contribution in [3.05, 3.63) is 0 Å². The number of rotatable bonds is 9. The van der Waals surface area contributed by atoms with E-state index in [1.807, 2.05) is 20.8 Å². The van der Waals surface area contributed by atoms with Crippen LogP contribution in [0.15, 0.2) is 0 Å². The van der Waals surface area contributed by atoms with Crippen LogP contribution in [0.3, 0.4) is 0 Å². The quantitative estimate of drug-likeness (QED) is 0.509. The first-order chi connectivity index (χ1) is 8.40. The van der Waals surface area contributed by atoms with Crippen LogP contribution in [0.4, 0.5) is 0 Å². The summed E-state index contributed by atoms with van der Waals surface area (Å²) in [5.74, 6) is 0.443. The van der Waals surface area contributed by atoms with Gasteiger partial charge in [0.25, 0.3) is 0 Å². The molecule has 0 radical (unpaired) electrons. The highest BCUT2D eigenvalue weighted by atomic mass is 16.5. The van der Waals surface area contributed by atoms with Crippen molar-refractivity contribution >= 4 is 5.97 Å². The minimum absolute atomic E-state index is 0.143. The van der Waals surface area contributed by atoms with E-state index in [0.717, 1.165) is 0 Å². The average Bonchev–Trinajstić information content (AvgIpc) is 2.29. The number of carbonyl (C=O) groups is 1. The lowest BCUT2D eigenvalue weighted by molar-refractivity contribution is -0.159. The monoisotopic (exact) mass is 259 g/mol. The van der Waals surface area contributed by atoms with Gasteiger partial charge in [0.1, 0.15) is 0 Å². The van der Waals surface area contributed by atoms with Crippen molar-refractivity contribution in [2.75, 3.05) is 26.4 Å². The molecule has 1 unspecified atom stereocenters. The molecule has 0 aromatic rings. The molecule has 0 bridgehead atoms.